The molecule has 0 fully saturated rings. The first kappa shape index (κ1) is 5.44. The fraction of sp³-hybridized carbons (Fsp3) is 0.200. The summed E-state index contributed by atoms with van der Waals surface area (Å²) >= 11 is 4.68. The zero-order valence-corrected chi connectivity index (χ0v) is 5.27. The van der Waals surface area contributed by atoms with Gasteiger partial charge in [-0.05, 0) is 25.6 Å². The molecule has 1 rings (SSSR count). The van der Waals surface area contributed by atoms with E-state index in [0.29, 0.717) is 5.16 Å². The number of rotatable bonds is 0. The Bertz CT molecular complexity index is 170. The molecule has 0 atom stereocenters. The maximum Gasteiger partial charge on any atom is 0.219 e. The van der Waals surface area contributed by atoms with Crippen LogP contribution in [0.1, 0.15) is 5.69 Å². The first-order valence-electron chi connectivity index (χ1n) is 2.26. The Kier molecular flexibility index (Phi) is 1.39. The summed E-state index contributed by atoms with van der Waals surface area (Å²) in [6, 6.07) is 1.82. The van der Waals surface area contributed by atoms with Crippen LogP contribution in [0.2, 0.25) is 0 Å². The zero-order valence-electron chi connectivity index (χ0n) is 4.46. The third kappa shape index (κ3) is 1.13. The molecule has 1 aromatic heterocycles. The Labute approximate surface area is 53.4 Å². The molecular weight excluding hydrogens is 120 g/mol. The van der Waals surface area contributed by atoms with E-state index < -0.39 is 0 Å². The average molecular weight is 125 g/mol. The van der Waals surface area contributed by atoms with Crippen molar-refractivity contribution >= 4 is 12.6 Å². The first-order chi connectivity index (χ1) is 3.79. The van der Waals surface area contributed by atoms with Gasteiger partial charge in [-0.15, -0.1) is 0 Å². The third-order valence-electron chi connectivity index (χ3n) is 0.773. The lowest BCUT2D eigenvalue weighted by atomic mass is 10.5. The Morgan fingerprint density at radius 3 is 2.75 bits per heavy atom. The molecule has 0 saturated carbocycles. The molecule has 1 heterocycles. The van der Waals surface area contributed by atoms with Crippen LogP contribution in [0, 0.1) is 6.92 Å². The summed E-state index contributed by atoms with van der Waals surface area (Å²) in [5, 5.41) is 0.421. The third-order valence-corrected chi connectivity index (χ3v) is 0.969. The normalized spacial score (nSPS) is 9.12. The predicted octanol–water partition coefficient (Wildman–Crippen LogP) is 1.34. The second-order valence-electron chi connectivity index (χ2n) is 1.48. The summed E-state index contributed by atoms with van der Waals surface area (Å²) in [5.41, 5.74) is 0.921. The minimum Gasteiger partial charge on any atom is -0.227 e. The quantitative estimate of drug-likeness (QED) is 0.489. The second-order valence-corrected chi connectivity index (χ2v) is 1.85. The molecule has 1 aromatic rings. The van der Waals surface area contributed by atoms with Gasteiger partial charge < -0.3 is 0 Å². The minimum atomic E-state index is 0.421. The van der Waals surface area contributed by atoms with Gasteiger partial charge in [0.25, 0.3) is 0 Å². The molecular formula is C5H5N2S. The van der Waals surface area contributed by atoms with E-state index >= 15 is 0 Å². The van der Waals surface area contributed by atoms with Gasteiger partial charge in [-0.2, -0.15) is 0 Å². The Morgan fingerprint density at radius 2 is 2.38 bits per heavy atom. The molecule has 0 aliphatic carbocycles. The zero-order chi connectivity index (χ0) is 5.98. The highest BCUT2D eigenvalue weighted by Crippen LogP contribution is 1.95. The van der Waals surface area contributed by atoms with Gasteiger partial charge in [-0.1, -0.05) is 0 Å². The molecule has 0 aromatic carbocycles. The molecule has 0 aliphatic rings. The van der Waals surface area contributed by atoms with E-state index in [2.05, 4.69) is 22.6 Å². The smallest absolute Gasteiger partial charge is 0.219 e. The van der Waals surface area contributed by atoms with Gasteiger partial charge in [0.05, 0.1) is 0 Å². The van der Waals surface area contributed by atoms with Crippen molar-refractivity contribution in [3.8, 4) is 0 Å². The molecule has 2 nitrogen and oxygen atoms in total. The molecule has 0 bridgehead atoms. The molecule has 41 valence electrons. The van der Waals surface area contributed by atoms with Crippen LogP contribution in [0.25, 0.3) is 0 Å². The number of hydrogen-bond acceptors (Lipinski definition) is 2. The molecule has 1 radical (unpaired) electrons. The van der Waals surface area contributed by atoms with Crippen LogP contribution in [0.3, 0.4) is 0 Å². The van der Waals surface area contributed by atoms with Crippen LogP contribution in [0.5, 0.6) is 0 Å². The fourth-order valence-corrected chi connectivity index (χ4v) is 0.631. The van der Waals surface area contributed by atoms with Crippen LogP contribution in [-0.4, -0.2) is 9.97 Å². The van der Waals surface area contributed by atoms with Gasteiger partial charge in [0.2, 0.25) is 5.16 Å². The molecule has 8 heavy (non-hydrogen) atoms. The highest BCUT2D eigenvalue weighted by Gasteiger charge is 1.85. The minimum absolute atomic E-state index is 0.421. The molecule has 0 aliphatic heterocycles. The maximum atomic E-state index is 4.68. The van der Waals surface area contributed by atoms with E-state index in [9.17, 15) is 0 Å². The monoisotopic (exact) mass is 125 g/mol. The van der Waals surface area contributed by atoms with Crippen molar-refractivity contribution in [3.63, 3.8) is 0 Å². The summed E-state index contributed by atoms with van der Waals surface area (Å²) in [4.78, 5) is 7.62. The van der Waals surface area contributed by atoms with Crippen molar-refractivity contribution < 1.29 is 0 Å². The van der Waals surface area contributed by atoms with Crippen LogP contribution >= 0.6 is 12.6 Å². The first-order valence-corrected chi connectivity index (χ1v) is 2.66. The van der Waals surface area contributed by atoms with Crippen molar-refractivity contribution in [1.29, 1.82) is 0 Å². The summed E-state index contributed by atoms with van der Waals surface area (Å²) in [6.07, 6.45) is 1.66. The topological polar surface area (TPSA) is 25.8 Å². The lowest BCUT2D eigenvalue weighted by molar-refractivity contribution is 0.939. The van der Waals surface area contributed by atoms with E-state index in [-0.39, 0.29) is 0 Å². The van der Waals surface area contributed by atoms with Crippen molar-refractivity contribution in [1.82, 2.24) is 9.97 Å². The highest BCUT2D eigenvalue weighted by atomic mass is 32.1. The van der Waals surface area contributed by atoms with Gasteiger partial charge in [0.15, 0.2) is 0 Å². The van der Waals surface area contributed by atoms with Crippen LogP contribution in [0.4, 0.5) is 0 Å². The number of nitrogens with zero attached hydrogens (tertiary/aromatic N) is 2. The van der Waals surface area contributed by atoms with E-state index in [0.717, 1.165) is 5.69 Å². The Hall–Kier alpha value is -0.700. The molecule has 0 unspecified atom stereocenters. The average Bonchev–Trinajstić information content (AvgIpc) is 1.64. The number of hydrogen-bond donors (Lipinski definition) is 0. The van der Waals surface area contributed by atoms with Crippen LogP contribution in [-0.2, 0) is 0 Å². The SMILES string of the molecule is Cc1ccnc([S])n1. The molecule has 3 heteroatoms. The molecule has 0 saturated heterocycles. The molecule has 0 spiro atoms. The van der Waals surface area contributed by atoms with Crippen LogP contribution in [0.15, 0.2) is 17.4 Å². The number of aromatic nitrogens is 2. The molecule has 0 amide bonds. The van der Waals surface area contributed by atoms with Crippen molar-refractivity contribution in [2.24, 2.45) is 0 Å². The predicted molar refractivity (Wildman–Crippen MR) is 32.6 cm³/mol. The summed E-state index contributed by atoms with van der Waals surface area (Å²) in [5.74, 6) is 0. The lowest BCUT2D eigenvalue weighted by Gasteiger charge is -1.87. The van der Waals surface area contributed by atoms with Gasteiger partial charge in [0, 0.05) is 11.9 Å². The number of aryl methyl sites for hydroxylation is 1. The van der Waals surface area contributed by atoms with Crippen LogP contribution < -0.4 is 0 Å². The summed E-state index contributed by atoms with van der Waals surface area (Å²) < 4.78 is 0. The fourth-order valence-electron chi connectivity index (χ4n) is 0.426. The Morgan fingerprint density at radius 1 is 1.62 bits per heavy atom. The van der Waals surface area contributed by atoms with E-state index in [1.54, 1.807) is 6.20 Å². The van der Waals surface area contributed by atoms with E-state index in [1.165, 1.54) is 0 Å². The van der Waals surface area contributed by atoms with E-state index in [4.69, 9.17) is 0 Å². The Balaban J connectivity index is 3.08. The second kappa shape index (κ2) is 2.05. The highest BCUT2D eigenvalue weighted by molar-refractivity contribution is 7.80. The summed E-state index contributed by atoms with van der Waals surface area (Å²) in [7, 11) is 0. The van der Waals surface area contributed by atoms with Gasteiger partial charge in [0.1, 0.15) is 0 Å². The van der Waals surface area contributed by atoms with Crippen molar-refractivity contribution in [2.75, 3.05) is 0 Å². The van der Waals surface area contributed by atoms with Gasteiger partial charge in [-0.25, -0.2) is 9.97 Å². The molecule has 0 N–H and O–H groups in total. The largest absolute Gasteiger partial charge is 0.227 e. The van der Waals surface area contributed by atoms with Crippen molar-refractivity contribution in [3.05, 3.63) is 18.0 Å². The lowest BCUT2D eigenvalue weighted by Crippen LogP contribution is -1.83. The van der Waals surface area contributed by atoms with E-state index in [1.807, 2.05) is 13.0 Å². The van der Waals surface area contributed by atoms with Gasteiger partial charge >= 0.3 is 0 Å². The van der Waals surface area contributed by atoms with Gasteiger partial charge in [-0.3, -0.25) is 0 Å². The summed E-state index contributed by atoms with van der Waals surface area (Å²) in [6.45, 7) is 1.89. The maximum absolute atomic E-state index is 4.68. The standard InChI is InChI=1S/C5H5N2S/c1-4-2-3-6-5(8)7-4/h2-3H,1H3. The van der Waals surface area contributed by atoms with Crippen molar-refractivity contribution in [2.45, 2.75) is 12.1 Å².